The van der Waals surface area contributed by atoms with E-state index in [4.69, 9.17) is 0 Å². The van der Waals surface area contributed by atoms with Crippen LogP contribution in [0.4, 0.5) is 17.1 Å². The summed E-state index contributed by atoms with van der Waals surface area (Å²) in [5.74, 6) is 0. The summed E-state index contributed by atoms with van der Waals surface area (Å²) in [6, 6.07) is 61.4. The minimum absolute atomic E-state index is 1.16. The number of benzene rings is 7. The van der Waals surface area contributed by atoms with Crippen LogP contribution in [0.15, 0.2) is 183 Å². The van der Waals surface area contributed by atoms with E-state index in [1.807, 2.05) is 34.9 Å². The second-order valence-electron chi connectivity index (χ2n) is 12.1. The van der Waals surface area contributed by atoms with Crippen molar-refractivity contribution in [1.29, 1.82) is 0 Å². The third-order valence-corrected chi connectivity index (χ3v) is 18.7. The number of hydrogen-bond donors (Lipinski definition) is 0. The van der Waals surface area contributed by atoms with E-state index < -0.39 is 8.07 Å². The van der Waals surface area contributed by atoms with E-state index >= 15 is 0 Å². The summed E-state index contributed by atoms with van der Waals surface area (Å²) in [5.41, 5.74) is 3.52. The first-order valence-electron chi connectivity index (χ1n) is 15.8. The van der Waals surface area contributed by atoms with Crippen LogP contribution in [0.2, 0.25) is 0 Å². The van der Waals surface area contributed by atoms with Crippen LogP contribution in [-0.2, 0) is 0 Å². The number of hydrogen-bond acceptors (Lipinski definition) is 4. The van der Waals surface area contributed by atoms with E-state index in [0.717, 1.165) is 5.69 Å². The molecule has 222 valence electrons. The summed E-state index contributed by atoms with van der Waals surface area (Å²) in [6.45, 7) is 0. The fraction of sp³-hybridized carbons (Fsp3) is 0. The van der Waals surface area contributed by atoms with Crippen molar-refractivity contribution in [1.82, 2.24) is 0 Å². The highest BCUT2D eigenvalue weighted by atomic mass is 32.2. The Morgan fingerprint density at radius 1 is 0.362 bits per heavy atom. The average molecular weight is 670 g/mol. The average Bonchev–Trinajstić information content (AvgIpc) is 3.50. The zero-order valence-corrected chi connectivity index (χ0v) is 28.7. The van der Waals surface area contributed by atoms with Crippen molar-refractivity contribution in [2.75, 3.05) is 4.90 Å². The summed E-state index contributed by atoms with van der Waals surface area (Å²) in [5, 5.41) is 8.58. The number of anilines is 3. The molecule has 8 aromatic rings. The van der Waals surface area contributed by atoms with Crippen molar-refractivity contribution in [3.63, 3.8) is 0 Å². The molecule has 0 amide bonds. The smallest absolute Gasteiger partial charge is 0.184 e. The molecule has 0 saturated heterocycles. The normalized spacial score (nSPS) is 14.0. The van der Waals surface area contributed by atoms with Crippen molar-refractivity contribution in [3.05, 3.63) is 164 Å². The lowest BCUT2D eigenvalue weighted by Crippen LogP contribution is -2.78. The molecule has 0 atom stereocenters. The molecule has 0 fully saturated rings. The second-order valence-corrected chi connectivity index (χ2v) is 19.0. The molecule has 7 aromatic carbocycles. The maximum Gasteiger partial charge on any atom is 0.184 e. The van der Waals surface area contributed by atoms with Gasteiger partial charge in [0.1, 0.15) is 0 Å². The Balaban J connectivity index is 1.27. The van der Waals surface area contributed by atoms with Gasteiger partial charge in [-0.2, -0.15) is 0 Å². The van der Waals surface area contributed by atoms with Gasteiger partial charge in [-0.25, -0.2) is 0 Å². The van der Waals surface area contributed by atoms with Crippen LogP contribution >= 0.6 is 34.9 Å². The van der Waals surface area contributed by atoms with E-state index in [9.17, 15) is 0 Å². The molecule has 1 nitrogen and oxygen atoms in total. The SMILES string of the molecule is c1ccc(N(c2ccc3c(c2)[Si]2(c4ccccc4Sc4ccccc42)c2ccccc2S3)c2ccc3sc4ccccc4c3c2)cc1. The van der Waals surface area contributed by atoms with Gasteiger partial charge < -0.3 is 4.90 Å². The highest BCUT2D eigenvalue weighted by Crippen LogP contribution is 2.43. The third-order valence-electron chi connectivity index (χ3n) is 9.57. The Morgan fingerprint density at radius 2 is 0.872 bits per heavy atom. The van der Waals surface area contributed by atoms with Gasteiger partial charge in [0.2, 0.25) is 0 Å². The summed E-state index contributed by atoms with van der Waals surface area (Å²) < 4.78 is 2.65. The summed E-state index contributed by atoms with van der Waals surface area (Å²) in [7, 11) is -2.67. The molecule has 0 aliphatic carbocycles. The van der Waals surface area contributed by atoms with E-state index in [2.05, 4.69) is 169 Å². The van der Waals surface area contributed by atoms with Crippen molar-refractivity contribution in [3.8, 4) is 0 Å². The maximum atomic E-state index is 2.54. The summed E-state index contributed by atoms with van der Waals surface area (Å²) >= 11 is 5.72. The molecule has 0 radical (unpaired) electrons. The van der Waals surface area contributed by atoms with Crippen LogP contribution in [0.25, 0.3) is 20.2 Å². The van der Waals surface area contributed by atoms with Gasteiger partial charge in [0, 0.05) is 56.8 Å². The first kappa shape index (κ1) is 27.6. The van der Waals surface area contributed by atoms with Gasteiger partial charge in [0.15, 0.2) is 8.07 Å². The molecule has 0 bridgehead atoms. The van der Waals surface area contributed by atoms with E-state index in [-0.39, 0.29) is 0 Å². The molecule has 5 heteroatoms. The number of fused-ring (bicyclic) bond motifs is 11. The number of thiophene rings is 1. The monoisotopic (exact) mass is 669 g/mol. The molecule has 1 aromatic heterocycles. The third kappa shape index (κ3) is 4.11. The van der Waals surface area contributed by atoms with Crippen LogP contribution in [0.1, 0.15) is 0 Å². The topological polar surface area (TPSA) is 3.24 Å². The quantitative estimate of drug-likeness (QED) is 0.173. The maximum absolute atomic E-state index is 2.67. The minimum Gasteiger partial charge on any atom is -0.310 e. The Hall–Kier alpha value is -4.52. The predicted octanol–water partition coefficient (Wildman–Crippen LogP) is 9.83. The lowest BCUT2D eigenvalue weighted by Gasteiger charge is -2.44. The lowest BCUT2D eigenvalue weighted by molar-refractivity contribution is 1.28. The molecule has 47 heavy (non-hydrogen) atoms. The fourth-order valence-corrected chi connectivity index (χ4v) is 17.9. The van der Waals surface area contributed by atoms with Gasteiger partial charge >= 0.3 is 0 Å². The Bertz CT molecular complexity index is 2400. The number of para-hydroxylation sites is 1. The first-order chi connectivity index (χ1) is 23.3. The zero-order valence-electron chi connectivity index (χ0n) is 25.3. The zero-order chi connectivity index (χ0) is 31.0. The van der Waals surface area contributed by atoms with Crippen LogP contribution < -0.4 is 25.6 Å². The van der Waals surface area contributed by atoms with Crippen LogP contribution in [-0.4, -0.2) is 8.07 Å². The van der Waals surface area contributed by atoms with Gasteiger partial charge in [0.05, 0.1) is 0 Å². The lowest BCUT2D eigenvalue weighted by atomic mass is 10.1. The number of rotatable bonds is 3. The molecular formula is C42H27NS3Si. The van der Waals surface area contributed by atoms with Crippen molar-refractivity contribution < 1.29 is 0 Å². The Labute approximate surface area is 287 Å². The van der Waals surface area contributed by atoms with Crippen LogP contribution in [0, 0.1) is 0 Å². The molecule has 0 N–H and O–H groups in total. The molecule has 3 heterocycles. The number of nitrogens with zero attached hydrogens (tertiary/aromatic N) is 1. The molecule has 2 aliphatic heterocycles. The first-order valence-corrected chi connectivity index (χ1v) is 20.3. The molecule has 0 saturated carbocycles. The largest absolute Gasteiger partial charge is 0.310 e. The Morgan fingerprint density at radius 3 is 1.55 bits per heavy atom. The van der Waals surface area contributed by atoms with E-state index in [1.54, 1.807) is 0 Å². The molecule has 10 rings (SSSR count). The Kier molecular flexibility index (Phi) is 6.31. The standard InChI is InChI=1S/C42H27NS3Si/c1-2-12-28(13-3-1)43(29-22-24-34-32(26-29)31-14-4-5-15-33(31)44-34)30-23-25-38-42(27-30)47(41-21-11-8-18-37(41)46-38)39-19-9-6-16-35(39)45-36-17-7-10-20-40(36)47/h1-27H. The molecule has 2 aliphatic rings. The molecular weight excluding hydrogens is 643 g/mol. The van der Waals surface area contributed by atoms with Gasteiger partial charge in [-0.15, -0.1) is 11.3 Å². The van der Waals surface area contributed by atoms with Gasteiger partial charge in [0.25, 0.3) is 0 Å². The predicted molar refractivity (Wildman–Crippen MR) is 206 cm³/mol. The highest BCUT2D eigenvalue weighted by molar-refractivity contribution is 8.01. The van der Waals surface area contributed by atoms with Crippen molar-refractivity contribution >= 4 is 101 Å². The minimum atomic E-state index is -2.67. The van der Waals surface area contributed by atoms with Crippen LogP contribution in [0.3, 0.4) is 0 Å². The van der Waals surface area contributed by atoms with Crippen molar-refractivity contribution in [2.24, 2.45) is 0 Å². The second kappa shape index (κ2) is 10.8. The van der Waals surface area contributed by atoms with E-state index in [1.165, 1.54) is 71.9 Å². The van der Waals surface area contributed by atoms with Gasteiger partial charge in [-0.3, -0.25) is 0 Å². The van der Waals surface area contributed by atoms with Gasteiger partial charge in [-0.1, -0.05) is 115 Å². The highest BCUT2D eigenvalue weighted by Gasteiger charge is 2.51. The fourth-order valence-electron chi connectivity index (χ4n) is 7.62. The van der Waals surface area contributed by atoms with E-state index in [0.29, 0.717) is 0 Å². The van der Waals surface area contributed by atoms with Gasteiger partial charge in [-0.05, 0) is 93.5 Å². The summed E-state index contributed by atoms with van der Waals surface area (Å²) in [6.07, 6.45) is 0. The molecule has 1 spiro atoms. The molecule has 0 unspecified atom stereocenters. The van der Waals surface area contributed by atoms with Crippen molar-refractivity contribution in [2.45, 2.75) is 19.6 Å². The summed E-state index contributed by atoms with van der Waals surface area (Å²) in [4.78, 5) is 7.96. The van der Waals surface area contributed by atoms with Crippen LogP contribution in [0.5, 0.6) is 0 Å².